The van der Waals surface area contributed by atoms with E-state index in [1.807, 2.05) is 14.0 Å². The molecule has 4 nitrogen and oxygen atoms in total. The molecule has 17 heavy (non-hydrogen) atoms. The summed E-state index contributed by atoms with van der Waals surface area (Å²) < 4.78 is 7.69. The van der Waals surface area contributed by atoms with Crippen LogP contribution in [0.1, 0.15) is 37.1 Å². The van der Waals surface area contributed by atoms with Crippen molar-refractivity contribution in [3.63, 3.8) is 0 Å². The Morgan fingerprint density at radius 2 is 2.06 bits per heavy atom. The molecule has 1 heterocycles. The molecule has 0 aliphatic heterocycles. The summed E-state index contributed by atoms with van der Waals surface area (Å²) in [6.07, 6.45) is 4.54. The van der Waals surface area contributed by atoms with E-state index in [4.69, 9.17) is 22.1 Å². The molecule has 5 heteroatoms. The van der Waals surface area contributed by atoms with Crippen molar-refractivity contribution in [2.24, 2.45) is 12.8 Å². The van der Waals surface area contributed by atoms with Crippen LogP contribution >= 0.6 is 11.6 Å². The van der Waals surface area contributed by atoms with Gasteiger partial charge in [0.15, 0.2) is 0 Å². The van der Waals surface area contributed by atoms with Gasteiger partial charge in [0.05, 0.1) is 29.1 Å². The maximum absolute atomic E-state index is 6.17. The number of ether oxygens (including phenoxy) is 1. The molecule has 1 aromatic rings. The summed E-state index contributed by atoms with van der Waals surface area (Å²) in [5, 5.41) is 4.99. The van der Waals surface area contributed by atoms with Crippen LogP contribution < -0.4 is 5.73 Å². The number of halogens is 1. The average Bonchev–Trinajstić information content (AvgIpc) is 2.54. The fourth-order valence-corrected chi connectivity index (χ4v) is 2.50. The molecule has 1 fully saturated rings. The first kappa shape index (κ1) is 12.9. The zero-order valence-electron chi connectivity index (χ0n) is 10.4. The van der Waals surface area contributed by atoms with Crippen LogP contribution in [-0.4, -0.2) is 21.9 Å². The van der Waals surface area contributed by atoms with Gasteiger partial charge in [-0.3, -0.25) is 4.68 Å². The van der Waals surface area contributed by atoms with Gasteiger partial charge in [0.25, 0.3) is 0 Å². The second-order valence-corrected chi connectivity index (χ2v) is 5.20. The summed E-state index contributed by atoms with van der Waals surface area (Å²) >= 11 is 6.17. The molecule has 1 saturated carbocycles. The Balaban J connectivity index is 1.89. The summed E-state index contributed by atoms with van der Waals surface area (Å²) in [5.41, 5.74) is 7.68. The molecule has 0 bridgehead atoms. The predicted molar refractivity (Wildman–Crippen MR) is 68.0 cm³/mol. The number of aromatic nitrogens is 2. The average molecular weight is 258 g/mol. The molecular weight excluding hydrogens is 238 g/mol. The smallest absolute Gasteiger partial charge is 0.0903 e. The van der Waals surface area contributed by atoms with Crippen LogP contribution in [0.3, 0.4) is 0 Å². The van der Waals surface area contributed by atoms with Crippen molar-refractivity contribution in [3.05, 3.63) is 16.4 Å². The minimum atomic E-state index is 0.320. The van der Waals surface area contributed by atoms with Gasteiger partial charge >= 0.3 is 0 Å². The largest absolute Gasteiger partial charge is 0.372 e. The molecule has 2 rings (SSSR count). The molecule has 1 aliphatic carbocycles. The van der Waals surface area contributed by atoms with E-state index in [0.717, 1.165) is 42.1 Å². The van der Waals surface area contributed by atoms with Crippen molar-refractivity contribution in [2.45, 2.75) is 51.4 Å². The van der Waals surface area contributed by atoms with E-state index in [1.165, 1.54) is 0 Å². The zero-order valence-corrected chi connectivity index (χ0v) is 11.2. The fourth-order valence-electron chi connectivity index (χ4n) is 2.29. The normalized spacial score (nSPS) is 25.2. The van der Waals surface area contributed by atoms with Gasteiger partial charge < -0.3 is 10.5 Å². The van der Waals surface area contributed by atoms with Crippen molar-refractivity contribution >= 4 is 11.6 Å². The van der Waals surface area contributed by atoms with Crippen LogP contribution in [0.25, 0.3) is 0 Å². The van der Waals surface area contributed by atoms with Crippen molar-refractivity contribution in [3.8, 4) is 0 Å². The van der Waals surface area contributed by atoms with Gasteiger partial charge in [-0.05, 0) is 32.6 Å². The van der Waals surface area contributed by atoms with Crippen molar-refractivity contribution in [1.29, 1.82) is 0 Å². The molecule has 0 saturated heterocycles. The highest BCUT2D eigenvalue weighted by molar-refractivity contribution is 6.31. The van der Waals surface area contributed by atoms with Gasteiger partial charge in [0.2, 0.25) is 0 Å². The highest BCUT2D eigenvalue weighted by Gasteiger charge is 2.20. The van der Waals surface area contributed by atoms with Gasteiger partial charge in [0, 0.05) is 13.1 Å². The first-order valence-corrected chi connectivity index (χ1v) is 6.51. The number of rotatable bonds is 3. The van der Waals surface area contributed by atoms with Crippen LogP contribution in [0.15, 0.2) is 0 Å². The van der Waals surface area contributed by atoms with E-state index < -0.39 is 0 Å². The molecular formula is C12H20ClN3O. The highest BCUT2D eigenvalue weighted by Crippen LogP contribution is 2.24. The lowest BCUT2D eigenvalue weighted by atomic mass is 9.94. The van der Waals surface area contributed by atoms with E-state index in [2.05, 4.69) is 5.10 Å². The molecule has 2 N–H and O–H groups in total. The van der Waals surface area contributed by atoms with Crippen LogP contribution in [0.5, 0.6) is 0 Å². The molecule has 1 aliphatic rings. The number of hydrogen-bond donors (Lipinski definition) is 1. The first-order chi connectivity index (χ1) is 8.08. The molecule has 96 valence electrons. The Bertz CT molecular complexity index is 383. The molecule has 1 aromatic heterocycles. The highest BCUT2D eigenvalue weighted by atomic mass is 35.5. The lowest BCUT2D eigenvalue weighted by molar-refractivity contribution is 0.0109. The molecule has 0 amide bonds. The third kappa shape index (κ3) is 3.00. The van der Waals surface area contributed by atoms with Gasteiger partial charge in [-0.15, -0.1) is 0 Å². The lowest BCUT2D eigenvalue weighted by Crippen LogP contribution is -2.30. The third-order valence-corrected chi connectivity index (χ3v) is 3.93. The number of nitrogens with two attached hydrogens (primary N) is 1. The number of aryl methyl sites for hydroxylation is 2. The summed E-state index contributed by atoms with van der Waals surface area (Å²) in [6, 6.07) is 0.359. The van der Waals surface area contributed by atoms with Gasteiger partial charge in [-0.25, -0.2) is 0 Å². The Kier molecular flexibility index (Phi) is 4.07. The minimum Gasteiger partial charge on any atom is -0.372 e. The quantitative estimate of drug-likeness (QED) is 0.903. The molecule has 0 spiro atoms. The number of hydrogen-bond acceptors (Lipinski definition) is 3. The van der Waals surface area contributed by atoms with E-state index in [0.29, 0.717) is 18.8 Å². The maximum atomic E-state index is 6.17. The Morgan fingerprint density at radius 1 is 1.41 bits per heavy atom. The van der Waals surface area contributed by atoms with Crippen LogP contribution in [0, 0.1) is 6.92 Å². The molecule has 0 aromatic carbocycles. The van der Waals surface area contributed by atoms with E-state index in [1.54, 1.807) is 4.68 Å². The Hall–Kier alpha value is -0.580. The van der Waals surface area contributed by atoms with Crippen molar-refractivity contribution < 1.29 is 4.74 Å². The standard InChI is InChI=1S/C12H20ClN3O/c1-8-12(13)11(16(2)15-8)7-17-10-5-3-9(14)4-6-10/h9-10H,3-7,14H2,1-2H3. The van der Waals surface area contributed by atoms with Crippen LogP contribution in [0.2, 0.25) is 5.02 Å². The molecule has 0 unspecified atom stereocenters. The second-order valence-electron chi connectivity index (χ2n) is 4.82. The van der Waals surface area contributed by atoms with Gasteiger partial charge in [-0.2, -0.15) is 5.10 Å². The number of nitrogens with zero attached hydrogens (tertiary/aromatic N) is 2. The van der Waals surface area contributed by atoms with Gasteiger partial charge in [-0.1, -0.05) is 11.6 Å². The van der Waals surface area contributed by atoms with Crippen molar-refractivity contribution in [1.82, 2.24) is 9.78 Å². The molecule has 0 radical (unpaired) electrons. The van der Waals surface area contributed by atoms with E-state index in [-0.39, 0.29) is 0 Å². The zero-order chi connectivity index (χ0) is 12.4. The Morgan fingerprint density at radius 3 is 2.59 bits per heavy atom. The van der Waals surface area contributed by atoms with E-state index in [9.17, 15) is 0 Å². The monoisotopic (exact) mass is 257 g/mol. The summed E-state index contributed by atoms with van der Waals surface area (Å²) in [6.45, 7) is 2.45. The van der Waals surface area contributed by atoms with Crippen molar-refractivity contribution in [2.75, 3.05) is 0 Å². The molecule has 0 atom stereocenters. The fraction of sp³-hybridized carbons (Fsp3) is 0.750. The predicted octanol–water partition coefficient (Wildman–Crippen LogP) is 2.17. The van der Waals surface area contributed by atoms with Gasteiger partial charge in [0.1, 0.15) is 0 Å². The Labute approximate surface area is 107 Å². The summed E-state index contributed by atoms with van der Waals surface area (Å²) in [7, 11) is 1.90. The topological polar surface area (TPSA) is 53.1 Å². The lowest BCUT2D eigenvalue weighted by Gasteiger charge is -2.26. The summed E-state index contributed by atoms with van der Waals surface area (Å²) in [4.78, 5) is 0. The summed E-state index contributed by atoms with van der Waals surface area (Å²) in [5.74, 6) is 0. The second kappa shape index (κ2) is 5.38. The maximum Gasteiger partial charge on any atom is 0.0903 e. The minimum absolute atomic E-state index is 0.320. The third-order valence-electron chi connectivity index (χ3n) is 3.44. The van der Waals surface area contributed by atoms with Crippen LogP contribution in [-0.2, 0) is 18.4 Å². The first-order valence-electron chi connectivity index (χ1n) is 6.13. The van der Waals surface area contributed by atoms with E-state index >= 15 is 0 Å². The van der Waals surface area contributed by atoms with Crippen LogP contribution in [0.4, 0.5) is 0 Å². The SMILES string of the molecule is Cc1nn(C)c(COC2CCC(N)CC2)c1Cl.